The van der Waals surface area contributed by atoms with Crippen LogP contribution in [0.2, 0.25) is 0 Å². The summed E-state index contributed by atoms with van der Waals surface area (Å²) in [7, 11) is 0. The molecule has 2 aromatic rings. The smallest absolute Gasteiger partial charge is 0.134 e. The van der Waals surface area contributed by atoms with Crippen molar-refractivity contribution in [2.75, 3.05) is 0 Å². The fourth-order valence-electron chi connectivity index (χ4n) is 6.36. The number of benzene rings is 2. The Morgan fingerprint density at radius 2 is 1.96 bits per heavy atom. The molecule has 2 aromatic carbocycles. The van der Waals surface area contributed by atoms with Crippen LogP contribution in [0.25, 0.3) is 0 Å². The van der Waals surface area contributed by atoms with E-state index >= 15 is 0 Å². The van der Waals surface area contributed by atoms with E-state index in [9.17, 15) is 9.90 Å². The maximum atomic E-state index is 12.4. The van der Waals surface area contributed by atoms with Crippen molar-refractivity contribution >= 4 is 5.78 Å². The predicted molar refractivity (Wildman–Crippen MR) is 106 cm³/mol. The van der Waals surface area contributed by atoms with Gasteiger partial charge < -0.3 is 5.11 Å². The first-order valence-corrected chi connectivity index (χ1v) is 10.1. The van der Waals surface area contributed by atoms with E-state index in [1.54, 1.807) is 6.92 Å². The molecule has 0 amide bonds. The van der Waals surface area contributed by atoms with Crippen LogP contribution in [0.5, 0.6) is 5.75 Å². The first kappa shape index (κ1) is 17.0. The Labute approximate surface area is 161 Å². The molecule has 5 atom stereocenters. The summed E-state index contributed by atoms with van der Waals surface area (Å²) in [6, 6.07) is 17.3. The first-order valence-electron chi connectivity index (χ1n) is 10.1. The van der Waals surface area contributed by atoms with E-state index in [1.807, 2.05) is 12.1 Å². The molecule has 4 aliphatic rings. The standard InChI is InChI=1S/C24H27NO2/c1-15(26)19-12-21-22-10-17-8-9-18(27)11-20(17)24(21,2)13-23(19)25(22)14-16-6-4-3-5-7-16/h3-9,11,19,21-23,27H,10,12-14H2,1-2H3. The van der Waals surface area contributed by atoms with Gasteiger partial charge in [0, 0.05) is 24.5 Å². The van der Waals surface area contributed by atoms with Gasteiger partial charge in [-0.1, -0.05) is 43.3 Å². The van der Waals surface area contributed by atoms with Crippen LogP contribution in [0.4, 0.5) is 0 Å². The Kier molecular flexibility index (Phi) is 3.74. The molecule has 4 bridgehead atoms. The Hall–Kier alpha value is -2.13. The lowest BCUT2D eigenvalue weighted by molar-refractivity contribution is -0.142. The van der Waals surface area contributed by atoms with Gasteiger partial charge in [0.25, 0.3) is 0 Å². The third-order valence-electron chi connectivity index (χ3n) is 7.61. The van der Waals surface area contributed by atoms with Crippen LogP contribution < -0.4 is 0 Å². The van der Waals surface area contributed by atoms with E-state index in [2.05, 4.69) is 48.2 Å². The second-order valence-corrected chi connectivity index (χ2v) is 9.02. The number of aromatic hydroxyl groups is 1. The van der Waals surface area contributed by atoms with Gasteiger partial charge in [0.2, 0.25) is 0 Å². The zero-order chi connectivity index (χ0) is 18.8. The zero-order valence-corrected chi connectivity index (χ0v) is 16.1. The Bertz CT molecular complexity index is 893. The van der Waals surface area contributed by atoms with Gasteiger partial charge in [0.15, 0.2) is 0 Å². The summed E-state index contributed by atoms with van der Waals surface area (Å²) in [5, 5.41) is 10.1. The van der Waals surface area contributed by atoms with Gasteiger partial charge in [0.1, 0.15) is 11.5 Å². The van der Waals surface area contributed by atoms with Crippen molar-refractivity contribution in [3.8, 4) is 5.75 Å². The topological polar surface area (TPSA) is 40.5 Å². The van der Waals surface area contributed by atoms with Crippen LogP contribution in [-0.2, 0) is 23.2 Å². The van der Waals surface area contributed by atoms with Crippen molar-refractivity contribution in [2.24, 2.45) is 11.8 Å². The van der Waals surface area contributed by atoms with Crippen LogP contribution in [0.1, 0.15) is 43.4 Å². The van der Waals surface area contributed by atoms with E-state index in [4.69, 9.17) is 0 Å². The molecule has 1 N–H and O–H groups in total. The summed E-state index contributed by atoms with van der Waals surface area (Å²) in [6.45, 7) is 5.05. The second kappa shape index (κ2) is 5.93. The third-order valence-corrected chi connectivity index (χ3v) is 7.61. The van der Waals surface area contributed by atoms with Crippen molar-refractivity contribution in [2.45, 2.75) is 57.2 Å². The Balaban J connectivity index is 1.59. The minimum atomic E-state index is 0.0563. The van der Waals surface area contributed by atoms with E-state index in [0.717, 1.165) is 25.8 Å². The number of carbonyl (C=O) groups excluding carboxylic acids is 1. The number of piperidine rings is 2. The first-order chi connectivity index (χ1) is 13.0. The van der Waals surface area contributed by atoms with Crippen molar-refractivity contribution in [3.63, 3.8) is 0 Å². The lowest BCUT2D eigenvalue weighted by atomic mass is 9.49. The SMILES string of the molecule is CC(=O)C1CC2C3Cc4ccc(O)cc4C2(C)CC1N3Cc1ccccc1. The predicted octanol–water partition coefficient (Wildman–Crippen LogP) is 4.07. The van der Waals surface area contributed by atoms with Gasteiger partial charge in [-0.2, -0.15) is 0 Å². The number of fused-ring (bicyclic) bond motifs is 2. The van der Waals surface area contributed by atoms with E-state index in [-0.39, 0.29) is 11.3 Å². The normalized spacial score (nSPS) is 34.3. The highest BCUT2D eigenvalue weighted by atomic mass is 16.3. The molecule has 2 saturated heterocycles. The molecule has 2 heterocycles. The molecule has 0 spiro atoms. The molecule has 2 aliphatic carbocycles. The molecule has 2 aliphatic heterocycles. The maximum absolute atomic E-state index is 12.4. The van der Waals surface area contributed by atoms with Gasteiger partial charge in [0.05, 0.1) is 0 Å². The highest BCUT2D eigenvalue weighted by molar-refractivity contribution is 5.79. The molecule has 1 saturated carbocycles. The molecular weight excluding hydrogens is 334 g/mol. The Morgan fingerprint density at radius 1 is 1.19 bits per heavy atom. The minimum Gasteiger partial charge on any atom is -0.508 e. The minimum absolute atomic E-state index is 0.0563. The van der Waals surface area contributed by atoms with Crippen LogP contribution in [0.3, 0.4) is 0 Å². The molecular formula is C24H27NO2. The molecule has 0 radical (unpaired) electrons. The van der Waals surface area contributed by atoms with Gasteiger partial charge in [-0.05, 0) is 66.3 Å². The third kappa shape index (κ3) is 2.48. The lowest BCUT2D eigenvalue weighted by Crippen LogP contribution is -2.69. The fourth-order valence-corrected chi connectivity index (χ4v) is 6.36. The molecule has 140 valence electrons. The highest BCUT2D eigenvalue weighted by Crippen LogP contribution is 2.58. The van der Waals surface area contributed by atoms with Crippen molar-refractivity contribution in [1.82, 2.24) is 4.90 Å². The number of phenolic OH excluding ortho intramolecular Hbond substituents is 1. The summed E-state index contributed by atoms with van der Waals surface area (Å²) >= 11 is 0. The highest BCUT2D eigenvalue weighted by Gasteiger charge is 2.60. The average molecular weight is 361 g/mol. The molecule has 5 unspecified atom stereocenters. The van der Waals surface area contributed by atoms with Gasteiger partial charge in [-0.15, -0.1) is 0 Å². The maximum Gasteiger partial charge on any atom is 0.134 e. The fraction of sp³-hybridized carbons (Fsp3) is 0.458. The number of carbonyl (C=O) groups is 1. The summed E-state index contributed by atoms with van der Waals surface area (Å²) in [6.07, 6.45) is 3.01. The van der Waals surface area contributed by atoms with Crippen molar-refractivity contribution in [1.29, 1.82) is 0 Å². The summed E-state index contributed by atoms with van der Waals surface area (Å²) in [5.41, 5.74) is 4.07. The number of rotatable bonds is 3. The summed E-state index contributed by atoms with van der Waals surface area (Å²) in [4.78, 5) is 15.1. The van der Waals surface area contributed by atoms with Gasteiger partial charge in [-0.3, -0.25) is 9.69 Å². The molecule has 3 heteroatoms. The van der Waals surface area contributed by atoms with E-state index in [1.165, 1.54) is 16.7 Å². The zero-order valence-electron chi connectivity index (χ0n) is 16.1. The Morgan fingerprint density at radius 3 is 2.70 bits per heavy atom. The number of ketones is 1. The van der Waals surface area contributed by atoms with Crippen molar-refractivity contribution < 1.29 is 9.90 Å². The lowest BCUT2D eigenvalue weighted by Gasteiger charge is -2.64. The molecule has 3 fully saturated rings. The molecule has 6 rings (SSSR count). The molecule has 27 heavy (non-hydrogen) atoms. The number of phenols is 1. The number of Topliss-reactive ketones (excluding diaryl/α,β-unsaturated/α-hetero) is 1. The molecule has 0 aromatic heterocycles. The van der Waals surface area contributed by atoms with Crippen LogP contribution >= 0.6 is 0 Å². The van der Waals surface area contributed by atoms with Crippen LogP contribution in [0, 0.1) is 11.8 Å². The number of nitrogens with zero attached hydrogens (tertiary/aromatic N) is 1. The largest absolute Gasteiger partial charge is 0.508 e. The average Bonchev–Trinajstić information content (AvgIpc) is 2.65. The summed E-state index contributed by atoms with van der Waals surface area (Å²) in [5.74, 6) is 1.30. The quantitative estimate of drug-likeness (QED) is 0.896. The van der Waals surface area contributed by atoms with Crippen LogP contribution in [-0.4, -0.2) is 27.9 Å². The summed E-state index contributed by atoms with van der Waals surface area (Å²) < 4.78 is 0. The van der Waals surface area contributed by atoms with E-state index in [0.29, 0.717) is 29.5 Å². The molecule has 3 nitrogen and oxygen atoms in total. The van der Waals surface area contributed by atoms with Gasteiger partial charge >= 0.3 is 0 Å². The van der Waals surface area contributed by atoms with Crippen molar-refractivity contribution in [3.05, 3.63) is 65.2 Å². The van der Waals surface area contributed by atoms with E-state index < -0.39 is 0 Å². The van der Waals surface area contributed by atoms with Crippen LogP contribution in [0.15, 0.2) is 48.5 Å². The van der Waals surface area contributed by atoms with Gasteiger partial charge in [-0.25, -0.2) is 0 Å². The number of hydrogen-bond acceptors (Lipinski definition) is 3. The number of hydrogen-bond donors (Lipinski definition) is 1. The monoisotopic (exact) mass is 361 g/mol. The second-order valence-electron chi connectivity index (χ2n) is 9.02.